The lowest BCUT2D eigenvalue weighted by molar-refractivity contribution is -0.270. The van der Waals surface area contributed by atoms with Crippen molar-refractivity contribution < 1.29 is 14.9 Å². The Bertz CT molecular complexity index is 754. The minimum atomic E-state index is -1.12. The molecule has 2 bridgehead atoms. The Kier molecular flexibility index (Phi) is 3.72. The Balaban J connectivity index is 1.44. The zero-order valence-electron chi connectivity index (χ0n) is 14.4. The van der Waals surface area contributed by atoms with Crippen LogP contribution in [0, 0.1) is 17.3 Å². The van der Waals surface area contributed by atoms with Gasteiger partial charge in [0.1, 0.15) is 5.60 Å². The molecule has 3 fully saturated rings. The van der Waals surface area contributed by atoms with Gasteiger partial charge in [0.25, 0.3) is 0 Å². The van der Waals surface area contributed by atoms with Gasteiger partial charge in [-0.1, -0.05) is 50.2 Å². The van der Waals surface area contributed by atoms with Crippen molar-refractivity contribution in [3.05, 3.63) is 48.0 Å². The van der Waals surface area contributed by atoms with Gasteiger partial charge in [-0.2, -0.15) is 0 Å². The summed E-state index contributed by atoms with van der Waals surface area (Å²) in [5, 5.41) is 23.8. The molecule has 0 amide bonds. The molecule has 0 radical (unpaired) electrons. The van der Waals surface area contributed by atoms with E-state index in [1.807, 2.05) is 12.1 Å². The zero-order valence-corrected chi connectivity index (χ0v) is 14.4. The molecule has 0 spiro atoms. The Morgan fingerprint density at radius 2 is 1.83 bits per heavy atom. The van der Waals surface area contributed by atoms with Crippen LogP contribution in [0.1, 0.15) is 32.3 Å². The summed E-state index contributed by atoms with van der Waals surface area (Å²) in [6, 6.07) is 14.5. The number of fused-ring (bicyclic) bond motifs is 3. The lowest BCUT2D eigenvalue weighted by Crippen LogP contribution is -2.69. The van der Waals surface area contributed by atoms with Gasteiger partial charge in [-0.3, -0.25) is 0 Å². The van der Waals surface area contributed by atoms with Crippen LogP contribution in [0.4, 0.5) is 0 Å². The first kappa shape index (κ1) is 16.1. The lowest BCUT2D eigenvalue weighted by atomic mass is 9.43. The highest BCUT2D eigenvalue weighted by Gasteiger charge is 2.64. The monoisotopic (exact) mass is 326 g/mol. The number of hydrogen-bond acceptors (Lipinski definition) is 3. The Morgan fingerprint density at radius 1 is 1.08 bits per heavy atom. The van der Waals surface area contributed by atoms with E-state index in [1.54, 1.807) is 0 Å². The molecule has 2 aromatic carbocycles. The fourth-order valence-corrected chi connectivity index (χ4v) is 4.83. The fraction of sp³-hybridized carbons (Fsp3) is 0.524. The van der Waals surface area contributed by atoms with Crippen LogP contribution in [0.5, 0.6) is 0 Å². The van der Waals surface area contributed by atoms with E-state index < -0.39 is 11.7 Å². The molecule has 128 valence electrons. The van der Waals surface area contributed by atoms with Crippen LogP contribution in [-0.2, 0) is 11.3 Å². The number of benzene rings is 2. The predicted molar refractivity (Wildman–Crippen MR) is 94.6 cm³/mol. The third kappa shape index (κ3) is 2.38. The SMILES string of the molecule is CC1(C)[C@@H]2C[C@H]1[C@](O)(COCc1ccc3ccccc3c1)[C@@H](O)C2. The zero-order chi connectivity index (χ0) is 16.9. The van der Waals surface area contributed by atoms with Gasteiger partial charge in [0.15, 0.2) is 0 Å². The molecule has 3 saturated carbocycles. The van der Waals surface area contributed by atoms with E-state index in [2.05, 4.69) is 44.2 Å². The van der Waals surface area contributed by atoms with Gasteiger partial charge >= 0.3 is 0 Å². The average Bonchev–Trinajstić information content (AvgIpc) is 2.57. The van der Waals surface area contributed by atoms with E-state index in [4.69, 9.17) is 4.74 Å². The molecule has 3 aliphatic carbocycles. The summed E-state index contributed by atoms with van der Waals surface area (Å²) in [5.74, 6) is 0.647. The Hall–Kier alpha value is -1.42. The molecule has 3 heteroatoms. The van der Waals surface area contributed by atoms with Crippen LogP contribution in [-0.4, -0.2) is 28.5 Å². The van der Waals surface area contributed by atoms with Crippen molar-refractivity contribution >= 4 is 10.8 Å². The molecule has 24 heavy (non-hydrogen) atoms. The van der Waals surface area contributed by atoms with Crippen molar-refractivity contribution in [2.45, 2.75) is 45.0 Å². The maximum atomic E-state index is 11.1. The van der Waals surface area contributed by atoms with Crippen LogP contribution in [0.15, 0.2) is 42.5 Å². The van der Waals surface area contributed by atoms with Gasteiger partial charge < -0.3 is 14.9 Å². The van der Waals surface area contributed by atoms with E-state index in [0.717, 1.165) is 12.0 Å². The lowest BCUT2D eigenvalue weighted by Gasteiger charge is -2.64. The first-order valence-corrected chi connectivity index (χ1v) is 8.87. The van der Waals surface area contributed by atoms with Crippen LogP contribution < -0.4 is 0 Å². The normalized spacial score (nSPS) is 34.1. The third-order valence-electron chi connectivity index (χ3n) is 6.57. The fourth-order valence-electron chi connectivity index (χ4n) is 4.83. The topological polar surface area (TPSA) is 49.7 Å². The summed E-state index contributed by atoms with van der Waals surface area (Å²) < 4.78 is 5.86. The first-order chi connectivity index (χ1) is 11.4. The van der Waals surface area contributed by atoms with Crippen molar-refractivity contribution in [1.82, 2.24) is 0 Å². The largest absolute Gasteiger partial charge is 0.390 e. The summed E-state index contributed by atoms with van der Waals surface area (Å²) in [5.41, 5.74) is 0.0726. The van der Waals surface area contributed by atoms with Crippen molar-refractivity contribution in [2.24, 2.45) is 17.3 Å². The predicted octanol–water partition coefficient (Wildman–Crippen LogP) is 3.51. The van der Waals surface area contributed by atoms with Gasteiger partial charge in [0, 0.05) is 0 Å². The van der Waals surface area contributed by atoms with Gasteiger partial charge in [-0.05, 0) is 52.5 Å². The third-order valence-corrected chi connectivity index (χ3v) is 6.57. The van der Waals surface area contributed by atoms with Crippen LogP contribution in [0.3, 0.4) is 0 Å². The second-order valence-corrected chi connectivity index (χ2v) is 8.22. The Labute approximate surface area is 143 Å². The molecule has 0 aliphatic heterocycles. The van der Waals surface area contributed by atoms with Crippen molar-refractivity contribution in [1.29, 1.82) is 0 Å². The number of aliphatic hydroxyl groups excluding tert-OH is 1. The smallest absolute Gasteiger partial charge is 0.117 e. The molecular formula is C21H26O3. The number of aliphatic hydroxyl groups is 2. The van der Waals surface area contributed by atoms with Gasteiger partial charge in [0.2, 0.25) is 0 Å². The van der Waals surface area contributed by atoms with E-state index in [-0.39, 0.29) is 17.9 Å². The highest BCUT2D eigenvalue weighted by molar-refractivity contribution is 5.82. The minimum Gasteiger partial charge on any atom is -0.390 e. The molecule has 0 heterocycles. The highest BCUT2D eigenvalue weighted by atomic mass is 16.5. The summed E-state index contributed by atoms with van der Waals surface area (Å²) >= 11 is 0. The van der Waals surface area contributed by atoms with Crippen molar-refractivity contribution in [2.75, 3.05) is 6.61 Å². The van der Waals surface area contributed by atoms with Gasteiger partial charge in [-0.25, -0.2) is 0 Å². The molecule has 2 N–H and O–H groups in total. The molecule has 3 nitrogen and oxygen atoms in total. The molecular weight excluding hydrogens is 300 g/mol. The van der Waals surface area contributed by atoms with Crippen LogP contribution in [0.2, 0.25) is 0 Å². The van der Waals surface area contributed by atoms with Gasteiger partial charge in [-0.15, -0.1) is 0 Å². The second kappa shape index (κ2) is 5.55. The summed E-state index contributed by atoms with van der Waals surface area (Å²) in [6.45, 7) is 5.05. The van der Waals surface area contributed by atoms with Crippen molar-refractivity contribution in [3.63, 3.8) is 0 Å². The number of ether oxygens (including phenoxy) is 1. The standard InChI is InChI=1S/C21H26O3/c1-20(2)17-10-18(20)21(23,19(22)11-17)13-24-12-14-7-8-15-5-3-4-6-16(15)9-14/h3-9,17-19,22-23H,10-13H2,1-2H3/t17-,18-,19+,21-/m1/s1. The maximum Gasteiger partial charge on any atom is 0.117 e. The van der Waals surface area contributed by atoms with E-state index in [9.17, 15) is 10.2 Å². The molecule has 4 atom stereocenters. The molecule has 0 aromatic heterocycles. The van der Waals surface area contributed by atoms with E-state index in [0.29, 0.717) is 18.9 Å². The maximum absolute atomic E-state index is 11.1. The molecule has 2 aromatic rings. The minimum absolute atomic E-state index is 0.0975. The van der Waals surface area contributed by atoms with Gasteiger partial charge in [0.05, 0.1) is 19.3 Å². The quantitative estimate of drug-likeness (QED) is 0.904. The highest BCUT2D eigenvalue weighted by Crippen LogP contribution is 2.62. The van der Waals surface area contributed by atoms with E-state index in [1.165, 1.54) is 10.8 Å². The molecule has 0 saturated heterocycles. The number of hydrogen-bond donors (Lipinski definition) is 2. The molecule has 5 rings (SSSR count). The molecule has 0 unspecified atom stereocenters. The molecule has 3 aliphatic rings. The van der Waals surface area contributed by atoms with Crippen LogP contribution >= 0.6 is 0 Å². The Morgan fingerprint density at radius 3 is 2.58 bits per heavy atom. The first-order valence-electron chi connectivity index (χ1n) is 8.87. The van der Waals surface area contributed by atoms with E-state index >= 15 is 0 Å². The number of rotatable bonds is 4. The summed E-state index contributed by atoms with van der Waals surface area (Å²) in [7, 11) is 0. The summed E-state index contributed by atoms with van der Waals surface area (Å²) in [6.07, 6.45) is 1.00. The van der Waals surface area contributed by atoms with Crippen molar-refractivity contribution in [3.8, 4) is 0 Å². The second-order valence-electron chi connectivity index (χ2n) is 8.22. The summed E-state index contributed by atoms with van der Waals surface area (Å²) in [4.78, 5) is 0. The average molecular weight is 326 g/mol. The van der Waals surface area contributed by atoms with Crippen LogP contribution in [0.25, 0.3) is 10.8 Å².